The van der Waals surface area contributed by atoms with Crippen molar-refractivity contribution in [3.8, 4) is 23.0 Å². The van der Waals surface area contributed by atoms with E-state index in [0.717, 1.165) is 69.5 Å². The lowest BCUT2D eigenvalue weighted by Crippen LogP contribution is -1.98. The number of hydrogen-bond acceptors (Lipinski definition) is 6. The van der Waals surface area contributed by atoms with Gasteiger partial charge in [0.15, 0.2) is 0 Å². The van der Waals surface area contributed by atoms with Crippen molar-refractivity contribution in [3.05, 3.63) is 158 Å². The average molecular weight is 629 g/mol. The molecule has 0 aliphatic carbocycles. The molecule has 0 spiro atoms. The first-order chi connectivity index (χ1) is 21.5. The summed E-state index contributed by atoms with van der Waals surface area (Å²) in [6.07, 6.45) is 10.3. The van der Waals surface area contributed by atoms with E-state index in [0.29, 0.717) is 12.8 Å². The zero-order valence-corrected chi connectivity index (χ0v) is 26.0. The van der Waals surface area contributed by atoms with Crippen LogP contribution in [0.1, 0.15) is 22.3 Å². The number of anilines is 2. The first-order valence-corrected chi connectivity index (χ1v) is 15.3. The van der Waals surface area contributed by atoms with Crippen LogP contribution in [-0.4, -0.2) is 17.5 Å². The van der Waals surface area contributed by atoms with Crippen LogP contribution in [0.15, 0.2) is 136 Å². The second kappa shape index (κ2) is 18.5. The van der Waals surface area contributed by atoms with Crippen LogP contribution in [0.4, 0.5) is 11.4 Å². The molecular formula is C36H40N2O6S. The van der Waals surface area contributed by atoms with E-state index in [1.807, 2.05) is 109 Å². The minimum absolute atomic E-state index is 0.686. The number of rotatable bonds is 12. The number of ether oxygens (including phenoxy) is 2. The summed E-state index contributed by atoms with van der Waals surface area (Å²) < 4.78 is 43.7. The van der Waals surface area contributed by atoms with Gasteiger partial charge in [-0.2, -0.15) is 8.42 Å². The van der Waals surface area contributed by atoms with Gasteiger partial charge in [0.2, 0.25) is 0 Å². The number of nitrogens with two attached hydrogens (primary N) is 2. The Balaban J connectivity index is 0.000000273. The molecule has 0 amide bonds. The summed E-state index contributed by atoms with van der Waals surface area (Å²) in [5.41, 5.74) is 17.6. The standard InChI is InChI=1S/2C18H19NO.H2O4S/c2*1-3-8-14-10-5-6-12-17(14)20-18-13-7-11-16(19)15(18)9-4-2;1-5(2,3)4/h2*3-7,10-13H,1-2,8-9,19H2;(H2,1,2,3,4). The predicted molar refractivity (Wildman–Crippen MR) is 185 cm³/mol. The molecule has 0 unspecified atom stereocenters. The van der Waals surface area contributed by atoms with Crippen molar-refractivity contribution in [3.63, 3.8) is 0 Å². The normalized spacial score (nSPS) is 10.2. The van der Waals surface area contributed by atoms with Gasteiger partial charge in [0, 0.05) is 22.5 Å². The van der Waals surface area contributed by atoms with Gasteiger partial charge < -0.3 is 20.9 Å². The molecule has 0 aromatic heterocycles. The molecule has 4 rings (SSSR count). The minimum Gasteiger partial charge on any atom is -0.457 e. The summed E-state index contributed by atoms with van der Waals surface area (Å²) >= 11 is 0. The van der Waals surface area contributed by atoms with E-state index >= 15 is 0 Å². The first-order valence-electron chi connectivity index (χ1n) is 13.9. The van der Waals surface area contributed by atoms with Crippen LogP contribution in [0.5, 0.6) is 23.0 Å². The minimum atomic E-state index is -4.67. The highest BCUT2D eigenvalue weighted by Crippen LogP contribution is 2.33. The molecular weight excluding hydrogens is 588 g/mol. The van der Waals surface area contributed by atoms with Gasteiger partial charge in [0.05, 0.1) is 0 Å². The molecule has 0 fully saturated rings. The van der Waals surface area contributed by atoms with Crippen LogP contribution in [-0.2, 0) is 36.1 Å². The molecule has 0 aliphatic rings. The Morgan fingerprint density at radius 3 is 1.18 bits per heavy atom. The quantitative estimate of drug-likeness (QED) is 0.0695. The molecule has 0 atom stereocenters. The second-order valence-electron chi connectivity index (χ2n) is 9.49. The van der Waals surface area contributed by atoms with E-state index in [4.69, 9.17) is 38.5 Å². The molecule has 4 aromatic carbocycles. The fourth-order valence-corrected chi connectivity index (χ4v) is 4.17. The summed E-state index contributed by atoms with van der Waals surface area (Å²) in [5.74, 6) is 3.23. The zero-order valence-electron chi connectivity index (χ0n) is 25.1. The van der Waals surface area contributed by atoms with E-state index in [1.54, 1.807) is 0 Å². The number of allylic oxidation sites excluding steroid dienone is 4. The van der Waals surface area contributed by atoms with Gasteiger partial charge in [0.25, 0.3) is 0 Å². The van der Waals surface area contributed by atoms with Gasteiger partial charge in [-0.1, -0.05) is 72.8 Å². The lowest BCUT2D eigenvalue weighted by atomic mass is 10.1. The van der Waals surface area contributed by atoms with Crippen molar-refractivity contribution in [2.45, 2.75) is 25.7 Å². The highest BCUT2D eigenvalue weighted by Gasteiger charge is 2.10. The van der Waals surface area contributed by atoms with Gasteiger partial charge in [-0.25, -0.2) is 0 Å². The second-order valence-corrected chi connectivity index (χ2v) is 10.4. The summed E-state index contributed by atoms with van der Waals surface area (Å²) in [6.45, 7) is 15.1. The molecule has 4 aromatic rings. The predicted octanol–water partition coefficient (Wildman–Crippen LogP) is 8.38. The molecule has 0 heterocycles. The zero-order chi connectivity index (χ0) is 33.2. The maximum absolute atomic E-state index is 8.74. The SMILES string of the molecule is C=CCc1ccccc1Oc1cccc(N)c1CC=C.C=CCc1ccccc1Oc1cccc(N)c1CC=C.O=S(=O)(O)O. The van der Waals surface area contributed by atoms with Crippen LogP contribution in [0.25, 0.3) is 0 Å². The maximum atomic E-state index is 8.74. The van der Waals surface area contributed by atoms with E-state index in [-0.39, 0.29) is 0 Å². The lowest BCUT2D eigenvalue weighted by molar-refractivity contribution is 0.381. The van der Waals surface area contributed by atoms with Crippen molar-refractivity contribution in [1.82, 2.24) is 0 Å². The summed E-state index contributed by atoms with van der Waals surface area (Å²) in [5, 5.41) is 0. The Morgan fingerprint density at radius 1 is 0.533 bits per heavy atom. The highest BCUT2D eigenvalue weighted by molar-refractivity contribution is 7.79. The maximum Gasteiger partial charge on any atom is 0.394 e. The molecule has 0 bridgehead atoms. The van der Waals surface area contributed by atoms with E-state index in [1.165, 1.54) is 0 Å². The average Bonchev–Trinajstić information content (AvgIpc) is 2.98. The van der Waals surface area contributed by atoms with Gasteiger partial charge >= 0.3 is 10.4 Å². The molecule has 6 N–H and O–H groups in total. The molecule has 9 heteroatoms. The molecule has 8 nitrogen and oxygen atoms in total. The van der Waals surface area contributed by atoms with Gasteiger partial charge in [-0.3, -0.25) is 9.11 Å². The van der Waals surface area contributed by atoms with E-state index in [9.17, 15) is 0 Å². The molecule has 0 aliphatic heterocycles. The van der Waals surface area contributed by atoms with Gasteiger partial charge in [-0.15, -0.1) is 26.3 Å². The monoisotopic (exact) mass is 628 g/mol. The summed E-state index contributed by atoms with van der Waals surface area (Å²) in [6, 6.07) is 27.3. The Hall–Kier alpha value is -5.09. The van der Waals surface area contributed by atoms with E-state index < -0.39 is 10.4 Å². The number of benzene rings is 4. The van der Waals surface area contributed by atoms with Crippen molar-refractivity contribution in [2.75, 3.05) is 11.5 Å². The van der Waals surface area contributed by atoms with Crippen LogP contribution in [0, 0.1) is 0 Å². The number of hydrogen-bond donors (Lipinski definition) is 4. The molecule has 236 valence electrons. The topological polar surface area (TPSA) is 145 Å². The van der Waals surface area contributed by atoms with Crippen LogP contribution >= 0.6 is 0 Å². The van der Waals surface area contributed by atoms with Gasteiger partial charge in [0.1, 0.15) is 23.0 Å². The van der Waals surface area contributed by atoms with Gasteiger partial charge in [-0.05, 0) is 73.2 Å². The molecule has 0 saturated heterocycles. The number of para-hydroxylation sites is 2. The Kier molecular flexibility index (Phi) is 14.9. The van der Waals surface area contributed by atoms with Crippen molar-refractivity contribution in [2.24, 2.45) is 0 Å². The smallest absolute Gasteiger partial charge is 0.394 e. The van der Waals surface area contributed by atoms with E-state index in [2.05, 4.69) is 26.3 Å². The fourth-order valence-electron chi connectivity index (χ4n) is 4.17. The Morgan fingerprint density at radius 2 is 0.844 bits per heavy atom. The third kappa shape index (κ3) is 12.6. The lowest BCUT2D eigenvalue weighted by Gasteiger charge is -2.14. The van der Waals surface area contributed by atoms with Crippen LogP contribution in [0.3, 0.4) is 0 Å². The van der Waals surface area contributed by atoms with Crippen LogP contribution < -0.4 is 20.9 Å². The fraction of sp³-hybridized carbons (Fsp3) is 0.111. The third-order valence-electron chi connectivity index (χ3n) is 6.15. The van der Waals surface area contributed by atoms with Crippen molar-refractivity contribution < 1.29 is 27.0 Å². The molecule has 0 radical (unpaired) electrons. The Bertz CT molecular complexity index is 1580. The Labute approximate surface area is 266 Å². The molecule has 45 heavy (non-hydrogen) atoms. The largest absolute Gasteiger partial charge is 0.457 e. The van der Waals surface area contributed by atoms with Crippen LogP contribution in [0.2, 0.25) is 0 Å². The van der Waals surface area contributed by atoms with Crippen molar-refractivity contribution >= 4 is 21.8 Å². The third-order valence-corrected chi connectivity index (χ3v) is 6.15. The summed E-state index contributed by atoms with van der Waals surface area (Å²) in [4.78, 5) is 0. The highest BCUT2D eigenvalue weighted by atomic mass is 32.3. The van der Waals surface area contributed by atoms with Crippen molar-refractivity contribution in [1.29, 1.82) is 0 Å². The molecule has 0 saturated carbocycles. The summed E-state index contributed by atoms with van der Waals surface area (Å²) in [7, 11) is -4.67. The number of nitrogen functional groups attached to an aromatic ring is 2. The first kappa shape index (κ1) is 36.1.